The molecule has 1 saturated heterocycles. The van der Waals surface area contributed by atoms with Crippen molar-refractivity contribution in [3.8, 4) is 0 Å². The van der Waals surface area contributed by atoms with Gasteiger partial charge in [-0.05, 0) is 49.3 Å². The summed E-state index contributed by atoms with van der Waals surface area (Å²) < 4.78 is 6.00. The number of hydrogen-bond acceptors (Lipinski definition) is 3. The minimum atomic E-state index is -0.205. The van der Waals surface area contributed by atoms with E-state index in [4.69, 9.17) is 4.42 Å². The Morgan fingerprint density at radius 1 is 1.19 bits per heavy atom. The predicted molar refractivity (Wildman–Crippen MR) is 102 cm³/mol. The lowest BCUT2D eigenvalue weighted by Crippen LogP contribution is -2.46. The van der Waals surface area contributed by atoms with Gasteiger partial charge < -0.3 is 9.32 Å². The number of hydrogen-bond donors (Lipinski definition) is 1. The van der Waals surface area contributed by atoms with Gasteiger partial charge in [0.05, 0.1) is 12.6 Å². The zero-order valence-corrected chi connectivity index (χ0v) is 15.5. The third kappa shape index (κ3) is 4.01. The summed E-state index contributed by atoms with van der Waals surface area (Å²) in [7, 11) is 0. The van der Waals surface area contributed by atoms with Crippen molar-refractivity contribution >= 4 is 5.91 Å². The molecule has 4 rings (SSSR count). The van der Waals surface area contributed by atoms with Crippen molar-refractivity contribution in [1.29, 1.82) is 0 Å². The molecule has 0 spiro atoms. The fourth-order valence-electron chi connectivity index (χ4n) is 3.89. The monoisotopic (exact) mass is 352 g/mol. The zero-order valence-electron chi connectivity index (χ0n) is 15.5. The number of rotatable bonds is 7. The van der Waals surface area contributed by atoms with Gasteiger partial charge in [-0.15, -0.1) is 0 Å². The van der Waals surface area contributed by atoms with Crippen LogP contribution in [-0.2, 0) is 17.8 Å². The zero-order chi connectivity index (χ0) is 17.9. The summed E-state index contributed by atoms with van der Waals surface area (Å²) in [5, 5.41) is 3.46. The molecule has 2 aliphatic rings. The highest BCUT2D eigenvalue weighted by molar-refractivity contribution is 5.82. The summed E-state index contributed by atoms with van der Waals surface area (Å²) in [5.41, 5.74) is 1.18. The van der Waals surface area contributed by atoms with Crippen LogP contribution in [0.3, 0.4) is 0 Å². The average Bonchev–Trinajstić information content (AvgIpc) is 3.10. The van der Waals surface area contributed by atoms with Crippen molar-refractivity contribution in [2.75, 3.05) is 13.1 Å². The molecule has 3 unspecified atom stereocenters. The second-order valence-corrected chi connectivity index (χ2v) is 7.78. The fourth-order valence-corrected chi connectivity index (χ4v) is 3.89. The van der Waals surface area contributed by atoms with Gasteiger partial charge in [-0.2, -0.15) is 0 Å². The van der Waals surface area contributed by atoms with Crippen molar-refractivity contribution in [3.05, 3.63) is 59.5 Å². The molecule has 4 heteroatoms. The van der Waals surface area contributed by atoms with Crippen LogP contribution in [0.2, 0.25) is 0 Å². The van der Waals surface area contributed by atoms with E-state index in [0.717, 1.165) is 43.4 Å². The van der Waals surface area contributed by atoms with E-state index in [-0.39, 0.29) is 11.9 Å². The highest BCUT2D eigenvalue weighted by Gasteiger charge is 2.36. The number of benzene rings is 1. The number of furan rings is 1. The molecule has 1 amide bonds. The van der Waals surface area contributed by atoms with Crippen molar-refractivity contribution in [3.63, 3.8) is 0 Å². The minimum Gasteiger partial charge on any atom is -0.464 e. The number of nitrogens with one attached hydrogen (secondary N) is 1. The van der Waals surface area contributed by atoms with Crippen LogP contribution < -0.4 is 5.32 Å². The molecule has 1 aromatic heterocycles. The maximum atomic E-state index is 13.0. The first-order valence-corrected chi connectivity index (χ1v) is 9.85. The standard InChI is InChI=1S/C22H28N2O2/c1-16-13-19(16)21-10-9-18(26-21)15-23-20(14-17-7-3-2-4-8-17)22(25)24-11-5-6-12-24/h2-4,7-10,16,19-20,23H,5-6,11-15H2,1H3. The van der Waals surface area contributed by atoms with Crippen LogP contribution in [0.5, 0.6) is 0 Å². The molecular formula is C22H28N2O2. The van der Waals surface area contributed by atoms with Crippen LogP contribution in [0.25, 0.3) is 0 Å². The van der Waals surface area contributed by atoms with Gasteiger partial charge in [-0.3, -0.25) is 10.1 Å². The van der Waals surface area contributed by atoms with E-state index in [0.29, 0.717) is 18.9 Å². The van der Waals surface area contributed by atoms with Crippen LogP contribution >= 0.6 is 0 Å². The molecule has 2 fully saturated rings. The molecule has 1 aliphatic carbocycles. The molecule has 0 bridgehead atoms. The molecule has 3 atom stereocenters. The fraction of sp³-hybridized carbons (Fsp3) is 0.500. The van der Waals surface area contributed by atoms with Crippen LogP contribution in [0.1, 0.15) is 49.2 Å². The highest BCUT2D eigenvalue weighted by atomic mass is 16.3. The molecular weight excluding hydrogens is 324 g/mol. The van der Waals surface area contributed by atoms with Gasteiger partial charge in [-0.25, -0.2) is 0 Å². The SMILES string of the molecule is CC1CC1c1ccc(CNC(Cc2ccccc2)C(=O)N2CCCC2)o1. The molecule has 1 N–H and O–H groups in total. The summed E-state index contributed by atoms with van der Waals surface area (Å²) in [6.07, 6.45) is 4.17. The summed E-state index contributed by atoms with van der Waals surface area (Å²) in [6, 6.07) is 14.2. The Labute approximate surface area is 155 Å². The number of carbonyl (C=O) groups is 1. The molecule has 1 aromatic carbocycles. The Morgan fingerprint density at radius 2 is 1.92 bits per heavy atom. The molecule has 1 saturated carbocycles. The van der Waals surface area contributed by atoms with E-state index >= 15 is 0 Å². The molecule has 26 heavy (non-hydrogen) atoms. The number of likely N-dealkylation sites (tertiary alicyclic amines) is 1. The van der Waals surface area contributed by atoms with Gasteiger partial charge in [-0.1, -0.05) is 37.3 Å². The number of amides is 1. The van der Waals surface area contributed by atoms with E-state index in [1.165, 1.54) is 12.0 Å². The normalized spacial score (nSPS) is 23.2. The lowest BCUT2D eigenvalue weighted by Gasteiger charge is -2.24. The van der Waals surface area contributed by atoms with E-state index < -0.39 is 0 Å². The largest absolute Gasteiger partial charge is 0.464 e. The Balaban J connectivity index is 1.41. The summed E-state index contributed by atoms with van der Waals surface area (Å²) >= 11 is 0. The molecule has 138 valence electrons. The van der Waals surface area contributed by atoms with Crippen molar-refractivity contribution in [2.24, 2.45) is 5.92 Å². The van der Waals surface area contributed by atoms with Gasteiger partial charge in [0.2, 0.25) is 5.91 Å². The Bertz CT molecular complexity index is 734. The molecule has 2 heterocycles. The Hall–Kier alpha value is -2.07. The Morgan fingerprint density at radius 3 is 2.62 bits per heavy atom. The second-order valence-electron chi connectivity index (χ2n) is 7.78. The van der Waals surface area contributed by atoms with E-state index in [1.54, 1.807) is 0 Å². The number of carbonyl (C=O) groups excluding carboxylic acids is 1. The molecule has 2 aromatic rings. The summed E-state index contributed by atoms with van der Waals surface area (Å²) in [5.74, 6) is 3.57. The van der Waals surface area contributed by atoms with Gasteiger partial charge in [0, 0.05) is 19.0 Å². The minimum absolute atomic E-state index is 0.205. The second kappa shape index (κ2) is 7.67. The smallest absolute Gasteiger partial charge is 0.240 e. The Kier molecular flexibility index (Phi) is 5.11. The third-order valence-corrected chi connectivity index (χ3v) is 5.68. The number of nitrogens with zero attached hydrogens (tertiary/aromatic N) is 1. The topological polar surface area (TPSA) is 45.5 Å². The predicted octanol–water partition coefficient (Wildman–Crippen LogP) is 3.73. The summed E-state index contributed by atoms with van der Waals surface area (Å²) in [4.78, 5) is 15.0. The van der Waals surface area contributed by atoms with Crippen molar-refractivity contribution in [2.45, 2.75) is 51.1 Å². The van der Waals surface area contributed by atoms with Gasteiger partial charge in [0.1, 0.15) is 11.5 Å². The third-order valence-electron chi connectivity index (χ3n) is 5.68. The quantitative estimate of drug-likeness (QED) is 0.826. The summed E-state index contributed by atoms with van der Waals surface area (Å²) in [6.45, 7) is 4.63. The lowest BCUT2D eigenvalue weighted by atomic mass is 10.0. The van der Waals surface area contributed by atoms with E-state index in [9.17, 15) is 4.79 Å². The maximum absolute atomic E-state index is 13.0. The lowest BCUT2D eigenvalue weighted by molar-refractivity contribution is -0.132. The van der Waals surface area contributed by atoms with Crippen molar-refractivity contribution < 1.29 is 9.21 Å². The molecule has 1 aliphatic heterocycles. The van der Waals surface area contributed by atoms with E-state index in [2.05, 4.69) is 30.4 Å². The van der Waals surface area contributed by atoms with Crippen molar-refractivity contribution in [1.82, 2.24) is 10.2 Å². The van der Waals surface area contributed by atoms with Crippen LogP contribution in [0, 0.1) is 5.92 Å². The molecule has 0 radical (unpaired) electrons. The molecule has 4 nitrogen and oxygen atoms in total. The average molecular weight is 352 g/mol. The first-order valence-electron chi connectivity index (χ1n) is 9.85. The highest BCUT2D eigenvalue weighted by Crippen LogP contribution is 2.47. The van der Waals surface area contributed by atoms with E-state index in [1.807, 2.05) is 29.2 Å². The van der Waals surface area contributed by atoms with Crippen LogP contribution in [0.4, 0.5) is 0 Å². The van der Waals surface area contributed by atoms with Crippen LogP contribution in [0.15, 0.2) is 46.9 Å². The first-order chi connectivity index (χ1) is 12.7. The first kappa shape index (κ1) is 17.3. The van der Waals surface area contributed by atoms with Gasteiger partial charge in [0.15, 0.2) is 0 Å². The van der Waals surface area contributed by atoms with Crippen LogP contribution in [-0.4, -0.2) is 29.9 Å². The van der Waals surface area contributed by atoms with Gasteiger partial charge >= 0.3 is 0 Å². The van der Waals surface area contributed by atoms with Gasteiger partial charge in [0.25, 0.3) is 0 Å². The maximum Gasteiger partial charge on any atom is 0.240 e.